The van der Waals surface area contributed by atoms with Gasteiger partial charge in [-0.2, -0.15) is 13.2 Å². The van der Waals surface area contributed by atoms with E-state index in [9.17, 15) is 18.0 Å². The zero-order valence-corrected chi connectivity index (χ0v) is 17.1. The third-order valence-corrected chi connectivity index (χ3v) is 5.74. The summed E-state index contributed by atoms with van der Waals surface area (Å²) in [7, 11) is 0. The monoisotopic (exact) mass is 431 g/mol. The highest BCUT2D eigenvalue weighted by Gasteiger charge is 2.34. The summed E-state index contributed by atoms with van der Waals surface area (Å²) in [5, 5.41) is 0. The van der Waals surface area contributed by atoms with Crippen molar-refractivity contribution in [2.24, 2.45) is 0 Å². The fourth-order valence-electron chi connectivity index (χ4n) is 4.03. The Labute approximate surface area is 179 Å². The minimum absolute atomic E-state index is 0.00681. The van der Waals surface area contributed by atoms with E-state index >= 15 is 0 Å². The second kappa shape index (κ2) is 9.05. The third-order valence-electron chi connectivity index (χ3n) is 5.74. The Morgan fingerprint density at radius 2 is 1.81 bits per heavy atom. The maximum Gasteiger partial charge on any atom is 0.416 e. The largest absolute Gasteiger partial charge is 0.416 e. The number of halogens is 3. The summed E-state index contributed by atoms with van der Waals surface area (Å²) in [5.74, 6) is 0.841. The Hall–Kier alpha value is -2.94. The number of hydrogen-bond donors (Lipinski definition) is 0. The van der Waals surface area contributed by atoms with Crippen LogP contribution in [0.25, 0.3) is 5.57 Å². The van der Waals surface area contributed by atoms with Gasteiger partial charge in [0, 0.05) is 51.7 Å². The Balaban J connectivity index is 1.32. The van der Waals surface area contributed by atoms with Gasteiger partial charge >= 0.3 is 6.18 Å². The molecule has 0 N–H and O–H groups in total. The minimum Gasteiger partial charge on any atom is -0.353 e. The number of carbonyl (C=O) groups excluding carboxylic acids is 1. The molecule has 0 radical (unpaired) electrons. The Kier molecular flexibility index (Phi) is 6.22. The smallest absolute Gasteiger partial charge is 0.353 e. The van der Waals surface area contributed by atoms with Gasteiger partial charge in [-0.15, -0.1) is 0 Å². The lowest BCUT2D eigenvalue weighted by Crippen LogP contribution is -2.50. The number of carbonyl (C=O) groups is 1. The molecule has 0 atom stereocenters. The quantitative estimate of drug-likeness (QED) is 0.745. The summed E-state index contributed by atoms with van der Waals surface area (Å²) < 4.78 is 39.9. The van der Waals surface area contributed by atoms with Crippen LogP contribution in [0.1, 0.15) is 17.5 Å². The fourth-order valence-corrected chi connectivity index (χ4v) is 4.03. The number of hydrogen-bond acceptors (Lipinski definition) is 5. The average molecular weight is 431 g/mol. The van der Waals surface area contributed by atoms with Gasteiger partial charge in [0.15, 0.2) is 0 Å². The number of amides is 1. The van der Waals surface area contributed by atoms with E-state index < -0.39 is 11.7 Å². The Bertz CT molecular complexity index is 940. The summed E-state index contributed by atoms with van der Waals surface area (Å²) >= 11 is 0. The standard InChI is InChI=1S/C22H24F3N5O/c23-22(24,25)19-4-2-1-3-18(19)17-5-9-30(10-6-17)21(31)16-28-11-13-29(14-12-28)20-15-26-7-8-27-20/h1-5,7-8,15H,6,9-14,16H2. The average Bonchev–Trinajstić information content (AvgIpc) is 2.80. The number of anilines is 1. The van der Waals surface area contributed by atoms with Crippen molar-refractivity contribution in [1.82, 2.24) is 19.8 Å². The van der Waals surface area contributed by atoms with E-state index in [1.165, 1.54) is 12.1 Å². The van der Waals surface area contributed by atoms with Crippen LogP contribution in [0.5, 0.6) is 0 Å². The number of alkyl halides is 3. The van der Waals surface area contributed by atoms with Crippen molar-refractivity contribution in [3.8, 4) is 0 Å². The van der Waals surface area contributed by atoms with Crippen LogP contribution < -0.4 is 4.90 Å². The van der Waals surface area contributed by atoms with Crippen molar-refractivity contribution >= 4 is 17.3 Å². The first-order chi connectivity index (χ1) is 14.9. The molecule has 2 aliphatic rings. The van der Waals surface area contributed by atoms with E-state index in [0.717, 1.165) is 38.1 Å². The van der Waals surface area contributed by atoms with E-state index in [4.69, 9.17) is 0 Å². The van der Waals surface area contributed by atoms with Gasteiger partial charge in [0.1, 0.15) is 5.82 Å². The molecule has 0 aliphatic carbocycles. The second-order valence-corrected chi connectivity index (χ2v) is 7.69. The second-order valence-electron chi connectivity index (χ2n) is 7.69. The number of rotatable bonds is 4. The zero-order chi connectivity index (χ0) is 21.8. The molecule has 0 bridgehead atoms. The van der Waals surface area contributed by atoms with E-state index in [0.29, 0.717) is 31.6 Å². The molecule has 2 aliphatic heterocycles. The van der Waals surface area contributed by atoms with E-state index in [1.807, 2.05) is 0 Å². The van der Waals surface area contributed by atoms with Gasteiger partial charge < -0.3 is 9.80 Å². The molecule has 1 fully saturated rings. The third kappa shape index (κ3) is 5.04. The molecule has 1 aromatic heterocycles. The molecule has 1 aromatic carbocycles. The summed E-state index contributed by atoms with van der Waals surface area (Å²) in [6, 6.07) is 5.62. The van der Waals surface area contributed by atoms with Gasteiger partial charge in [-0.1, -0.05) is 24.3 Å². The first-order valence-electron chi connectivity index (χ1n) is 10.3. The lowest BCUT2D eigenvalue weighted by Gasteiger charge is -2.36. The van der Waals surface area contributed by atoms with Crippen molar-refractivity contribution < 1.29 is 18.0 Å². The van der Waals surface area contributed by atoms with E-state index in [-0.39, 0.29) is 11.5 Å². The topological polar surface area (TPSA) is 52.6 Å². The maximum atomic E-state index is 13.3. The number of nitrogens with zero attached hydrogens (tertiary/aromatic N) is 5. The first-order valence-corrected chi connectivity index (χ1v) is 10.3. The molecule has 4 rings (SSSR count). The molecule has 0 saturated carbocycles. The predicted molar refractivity (Wildman–Crippen MR) is 111 cm³/mol. The van der Waals surface area contributed by atoms with E-state index in [1.54, 1.807) is 35.6 Å². The van der Waals surface area contributed by atoms with Crippen molar-refractivity contribution in [2.45, 2.75) is 12.6 Å². The summed E-state index contributed by atoms with van der Waals surface area (Å²) in [5.41, 5.74) is 0.235. The van der Waals surface area contributed by atoms with Crippen LogP contribution in [0.15, 0.2) is 48.9 Å². The molecular weight excluding hydrogens is 407 g/mol. The Morgan fingerprint density at radius 3 is 2.45 bits per heavy atom. The molecule has 164 valence electrons. The lowest BCUT2D eigenvalue weighted by molar-refractivity contribution is -0.138. The summed E-state index contributed by atoms with van der Waals surface area (Å²) in [4.78, 5) is 27.1. The van der Waals surface area contributed by atoms with Gasteiger partial charge in [-0.25, -0.2) is 4.98 Å². The van der Waals surface area contributed by atoms with Crippen molar-refractivity contribution in [2.75, 3.05) is 50.7 Å². The molecular formula is C22H24F3N5O. The molecule has 3 heterocycles. The van der Waals surface area contributed by atoms with Gasteiger partial charge in [0.25, 0.3) is 0 Å². The summed E-state index contributed by atoms with van der Waals surface area (Å²) in [6.07, 6.45) is 2.81. The predicted octanol–water partition coefficient (Wildman–Crippen LogP) is 2.93. The van der Waals surface area contributed by atoms with E-state index in [2.05, 4.69) is 19.8 Å². The molecule has 0 unspecified atom stereocenters. The highest BCUT2D eigenvalue weighted by atomic mass is 19.4. The minimum atomic E-state index is -4.39. The lowest BCUT2D eigenvalue weighted by atomic mass is 9.94. The van der Waals surface area contributed by atoms with Gasteiger partial charge in [0.2, 0.25) is 5.91 Å². The fraction of sp³-hybridized carbons (Fsp3) is 0.409. The molecule has 2 aromatic rings. The van der Waals surface area contributed by atoms with Crippen LogP contribution in [-0.4, -0.2) is 71.5 Å². The van der Waals surface area contributed by atoms with Gasteiger partial charge in [-0.3, -0.25) is 14.7 Å². The number of aromatic nitrogens is 2. The SMILES string of the molecule is O=C(CN1CCN(c2cnccn2)CC1)N1CC=C(c2ccccc2C(F)(F)F)CC1. The number of benzene rings is 1. The van der Waals surface area contributed by atoms with Crippen LogP contribution in [0.2, 0.25) is 0 Å². The highest BCUT2D eigenvalue weighted by molar-refractivity contribution is 5.80. The molecule has 0 spiro atoms. The van der Waals surface area contributed by atoms with Crippen LogP contribution >= 0.6 is 0 Å². The normalized spacial score (nSPS) is 18.1. The van der Waals surface area contributed by atoms with Crippen LogP contribution in [0, 0.1) is 0 Å². The number of piperazine rings is 1. The summed E-state index contributed by atoms with van der Waals surface area (Å²) in [6.45, 7) is 4.11. The van der Waals surface area contributed by atoms with Crippen molar-refractivity contribution in [1.29, 1.82) is 0 Å². The van der Waals surface area contributed by atoms with Crippen LogP contribution in [-0.2, 0) is 11.0 Å². The van der Waals surface area contributed by atoms with Crippen molar-refractivity contribution in [3.63, 3.8) is 0 Å². The van der Waals surface area contributed by atoms with Crippen LogP contribution in [0.4, 0.5) is 19.0 Å². The zero-order valence-electron chi connectivity index (χ0n) is 17.1. The first kappa shape index (κ1) is 21.3. The van der Waals surface area contributed by atoms with Gasteiger partial charge in [-0.05, 0) is 23.6 Å². The Morgan fingerprint density at radius 1 is 1.03 bits per heavy atom. The molecule has 6 nitrogen and oxygen atoms in total. The van der Waals surface area contributed by atoms with Gasteiger partial charge in [0.05, 0.1) is 18.3 Å². The molecule has 1 amide bonds. The highest BCUT2D eigenvalue weighted by Crippen LogP contribution is 2.36. The molecule has 31 heavy (non-hydrogen) atoms. The molecule has 9 heteroatoms. The van der Waals surface area contributed by atoms with Crippen molar-refractivity contribution in [3.05, 3.63) is 60.1 Å². The van der Waals surface area contributed by atoms with Crippen LogP contribution in [0.3, 0.4) is 0 Å². The maximum absolute atomic E-state index is 13.3. The molecule has 1 saturated heterocycles.